The maximum absolute atomic E-state index is 12.2. The van der Waals surface area contributed by atoms with Crippen molar-refractivity contribution in [2.75, 3.05) is 33.7 Å². The standard InChI is InChI=1S/C14H22N2O2/c1-4-16(11-5-10-15(2)3)14(18)12-6-8-13(17)9-7-12/h6-9,17H,4-5,10-11H2,1-3H3. The molecule has 1 amide bonds. The number of hydrogen-bond acceptors (Lipinski definition) is 3. The lowest BCUT2D eigenvalue weighted by Crippen LogP contribution is -2.33. The van der Waals surface area contributed by atoms with E-state index in [1.54, 1.807) is 24.3 Å². The number of benzene rings is 1. The molecule has 0 saturated carbocycles. The number of carbonyl (C=O) groups excluding carboxylic acids is 1. The van der Waals surface area contributed by atoms with Crippen molar-refractivity contribution in [1.82, 2.24) is 9.80 Å². The molecule has 4 heteroatoms. The molecular weight excluding hydrogens is 228 g/mol. The van der Waals surface area contributed by atoms with E-state index in [9.17, 15) is 9.90 Å². The highest BCUT2D eigenvalue weighted by Gasteiger charge is 2.13. The Morgan fingerprint density at radius 3 is 2.28 bits per heavy atom. The fraction of sp³-hybridized carbons (Fsp3) is 0.500. The summed E-state index contributed by atoms with van der Waals surface area (Å²) in [6, 6.07) is 6.40. The van der Waals surface area contributed by atoms with Crippen molar-refractivity contribution >= 4 is 5.91 Å². The third kappa shape index (κ3) is 4.37. The van der Waals surface area contributed by atoms with Crippen LogP contribution in [-0.2, 0) is 0 Å². The maximum atomic E-state index is 12.2. The van der Waals surface area contributed by atoms with Gasteiger partial charge in [-0.15, -0.1) is 0 Å². The van der Waals surface area contributed by atoms with Crippen LogP contribution in [0.2, 0.25) is 0 Å². The Labute approximate surface area is 109 Å². The van der Waals surface area contributed by atoms with Gasteiger partial charge in [0.05, 0.1) is 0 Å². The first-order valence-electron chi connectivity index (χ1n) is 6.27. The van der Waals surface area contributed by atoms with E-state index >= 15 is 0 Å². The molecule has 0 aromatic heterocycles. The Bertz CT molecular complexity index is 374. The van der Waals surface area contributed by atoms with Crippen LogP contribution >= 0.6 is 0 Å². The minimum Gasteiger partial charge on any atom is -0.508 e. The Morgan fingerprint density at radius 2 is 1.78 bits per heavy atom. The van der Waals surface area contributed by atoms with E-state index in [0.29, 0.717) is 12.1 Å². The number of phenolic OH excluding ortho intramolecular Hbond substituents is 1. The van der Waals surface area contributed by atoms with Crippen LogP contribution in [0.1, 0.15) is 23.7 Å². The molecule has 1 N–H and O–H groups in total. The van der Waals surface area contributed by atoms with E-state index in [1.807, 2.05) is 25.9 Å². The number of aromatic hydroxyl groups is 1. The van der Waals surface area contributed by atoms with E-state index in [1.165, 1.54) is 0 Å². The molecule has 0 fully saturated rings. The number of rotatable bonds is 6. The van der Waals surface area contributed by atoms with Crippen LogP contribution in [0.5, 0.6) is 5.75 Å². The highest BCUT2D eigenvalue weighted by atomic mass is 16.3. The lowest BCUT2D eigenvalue weighted by Gasteiger charge is -2.22. The Hall–Kier alpha value is -1.55. The van der Waals surface area contributed by atoms with Crippen LogP contribution in [0.3, 0.4) is 0 Å². The normalized spacial score (nSPS) is 10.7. The highest BCUT2D eigenvalue weighted by Crippen LogP contribution is 2.12. The predicted octanol–water partition coefficient (Wildman–Crippen LogP) is 1.81. The second-order valence-electron chi connectivity index (χ2n) is 4.59. The summed E-state index contributed by atoms with van der Waals surface area (Å²) in [5, 5.41) is 9.21. The first-order chi connectivity index (χ1) is 8.54. The van der Waals surface area contributed by atoms with Crippen molar-refractivity contribution in [3.8, 4) is 5.75 Å². The van der Waals surface area contributed by atoms with Gasteiger partial charge in [0.25, 0.3) is 5.91 Å². The van der Waals surface area contributed by atoms with Crippen LogP contribution in [0.25, 0.3) is 0 Å². The Kier molecular flexibility index (Phi) is 5.65. The average Bonchev–Trinajstić information content (AvgIpc) is 2.34. The average molecular weight is 250 g/mol. The molecule has 0 spiro atoms. The monoisotopic (exact) mass is 250 g/mol. The molecule has 100 valence electrons. The molecule has 0 radical (unpaired) electrons. The first kappa shape index (κ1) is 14.5. The van der Waals surface area contributed by atoms with Gasteiger partial charge in [-0.2, -0.15) is 0 Å². The summed E-state index contributed by atoms with van der Waals surface area (Å²) in [6.45, 7) is 4.41. The van der Waals surface area contributed by atoms with E-state index in [0.717, 1.165) is 19.5 Å². The first-order valence-corrected chi connectivity index (χ1v) is 6.27. The fourth-order valence-corrected chi connectivity index (χ4v) is 1.77. The Morgan fingerprint density at radius 1 is 1.17 bits per heavy atom. The van der Waals surface area contributed by atoms with E-state index in [-0.39, 0.29) is 11.7 Å². The van der Waals surface area contributed by atoms with Gasteiger partial charge in [0.1, 0.15) is 5.75 Å². The Balaban J connectivity index is 2.59. The van der Waals surface area contributed by atoms with Crippen LogP contribution in [-0.4, -0.2) is 54.5 Å². The van der Waals surface area contributed by atoms with Gasteiger partial charge >= 0.3 is 0 Å². The largest absolute Gasteiger partial charge is 0.508 e. The molecule has 0 aliphatic heterocycles. The van der Waals surface area contributed by atoms with Crippen molar-refractivity contribution in [1.29, 1.82) is 0 Å². The van der Waals surface area contributed by atoms with E-state index < -0.39 is 0 Å². The molecule has 1 aromatic carbocycles. The second kappa shape index (κ2) is 7.01. The summed E-state index contributed by atoms with van der Waals surface area (Å²) in [5.41, 5.74) is 0.625. The van der Waals surface area contributed by atoms with Gasteiger partial charge in [-0.1, -0.05) is 0 Å². The number of amides is 1. The fourth-order valence-electron chi connectivity index (χ4n) is 1.77. The maximum Gasteiger partial charge on any atom is 0.253 e. The third-order valence-corrected chi connectivity index (χ3v) is 2.82. The molecule has 0 heterocycles. The zero-order valence-corrected chi connectivity index (χ0v) is 11.4. The zero-order chi connectivity index (χ0) is 13.5. The quantitative estimate of drug-likeness (QED) is 0.837. The lowest BCUT2D eigenvalue weighted by molar-refractivity contribution is 0.0759. The minimum absolute atomic E-state index is 0.0243. The van der Waals surface area contributed by atoms with E-state index in [2.05, 4.69) is 4.90 Å². The van der Waals surface area contributed by atoms with Gasteiger partial charge in [0.15, 0.2) is 0 Å². The minimum atomic E-state index is 0.0243. The van der Waals surface area contributed by atoms with Gasteiger partial charge in [-0.25, -0.2) is 0 Å². The topological polar surface area (TPSA) is 43.8 Å². The van der Waals surface area contributed by atoms with Gasteiger partial charge in [0.2, 0.25) is 0 Å². The van der Waals surface area contributed by atoms with Gasteiger partial charge in [0, 0.05) is 18.7 Å². The summed E-state index contributed by atoms with van der Waals surface area (Å²) in [6.07, 6.45) is 0.963. The number of phenols is 1. The van der Waals surface area contributed by atoms with Crippen LogP contribution < -0.4 is 0 Å². The molecule has 0 saturated heterocycles. The van der Waals surface area contributed by atoms with Gasteiger partial charge in [-0.05, 0) is 58.3 Å². The van der Waals surface area contributed by atoms with Crippen LogP contribution in [0.4, 0.5) is 0 Å². The van der Waals surface area contributed by atoms with Crippen molar-refractivity contribution < 1.29 is 9.90 Å². The molecule has 0 bridgehead atoms. The van der Waals surface area contributed by atoms with Gasteiger partial charge < -0.3 is 14.9 Å². The summed E-state index contributed by atoms with van der Waals surface area (Å²) in [4.78, 5) is 16.1. The molecule has 0 atom stereocenters. The van der Waals surface area contributed by atoms with Crippen LogP contribution in [0, 0.1) is 0 Å². The molecule has 18 heavy (non-hydrogen) atoms. The smallest absolute Gasteiger partial charge is 0.253 e. The number of nitrogens with zero attached hydrogens (tertiary/aromatic N) is 2. The highest BCUT2D eigenvalue weighted by molar-refractivity contribution is 5.94. The molecule has 1 aromatic rings. The predicted molar refractivity (Wildman–Crippen MR) is 72.9 cm³/mol. The summed E-state index contributed by atoms with van der Waals surface area (Å²) in [7, 11) is 4.05. The second-order valence-corrected chi connectivity index (χ2v) is 4.59. The molecule has 1 rings (SSSR count). The van der Waals surface area contributed by atoms with E-state index in [4.69, 9.17) is 0 Å². The van der Waals surface area contributed by atoms with Gasteiger partial charge in [-0.3, -0.25) is 4.79 Å². The van der Waals surface area contributed by atoms with Crippen LogP contribution in [0.15, 0.2) is 24.3 Å². The van der Waals surface area contributed by atoms with Crippen molar-refractivity contribution in [3.63, 3.8) is 0 Å². The van der Waals surface area contributed by atoms with Crippen molar-refractivity contribution in [2.45, 2.75) is 13.3 Å². The molecule has 0 unspecified atom stereocenters. The number of carbonyl (C=O) groups is 1. The zero-order valence-electron chi connectivity index (χ0n) is 11.4. The SMILES string of the molecule is CCN(CCCN(C)C)C(=O)c1ccc(O)cc1. The van der Waals surface area contributed by atoms with Crippen molar-refractivity contribution in [2.24, 2.45) is 0 Å². The lowest BCUT2D eigenvalue weighted by atomic mass is 10.2. The summed E-state index contributed by atoms with van der Waals surface area (Å²) >= 11 is 0. The summed E-state index contributed by atoms with van der Waals surface area (Å²) in [5.74, 6) is 0.207. The van der Waals surface area contributed by atoms with Crippen molar-refractivity contribution in [3.05, 3.63) is 29.8 Å². The molecular formula is C14H22N2O2. The summed E-state index contributed by atoms with van der Waals surface area (Å²) < 4.78 is 0. The third-order valence-electron chi connectivity index (χ3n) is 2.82. The molecule has 0 aliphatic rings. The molecule has 0 aliphatic carbocycles. The molecule has 4 nitrogen and oxygen atoms in total. The number of hydrogen-bond donors (Lipinski definition) is 1.